The Kier molecular flexibility index (Phi) is 8.28. The second-order valence-corrected chi connectivity index (χ2v) is 7.98. The lowest BCUT2D eigenvalue weighted by atomic mass is 10.1. The van der Waals surface area contributed by atoms with E-state index in [1.165, 1.54) is 10.9 Å². The second kappa shape index (κ2) is 11.0. The van der Waals surface area contributed by atoms with E-state index in [1.807, 2.05) is 0 Å². The number of carbonyl (C=O) groups is 2. The zero-order valence-corrected chi connectivity index (χ0v) is 18.4. The number of rotatable bonds is 11. The topological polar surface area (TPSA) is 221 Å². The number of imidazole rings is 1. The van der Waals surface area contributed by atoms with Gasteiger partial charge in [0.15, 0.2) is 10.9 Å². The van der Waals surface area contributed by atoms with Crippen molar-refractivity contribution in [1.29, 1.82) is 0 Å². The maximum Gasteiger partial charge on any atom is 0.305 e. The van der Waals surface area contributed by atoms with Gasteiger partial charge in [-0.3, -0.25) is 14.2 Å². The summed E-state index contributed by atoms with van der Waals surface area (Å²) in [6.45, 7) is 0.384. The Morgan fingerprint density at radius 2 is 2.03 bits per heavy atom. The number of aliphatic hydroxyl groups excluding tert-OH is 3. The molecule has 1 fully saturated rings. The highest BCUT2D eigenvalue weighted by atomic mass is 32.1. The Morgan fingerprint density at radius 3 is 2.70 bits per heavy atom. The Bertz CT molecular complexity index is 1040. The van der Waals surface area contributed by atoms with E-state index in [0.717, 1.165) is 0 Å². The number of aliphatic carboxylic acids is 1. The number of ether oxygens (including phenoxy) is 1. The number of amides is 1. The average Bonchev–Trinajstić information content (AvgIpc) is 3.31. The molecule has 0 bridgehead atoms. The van der Waals surface area contributed by atoms with Gasteiger partial charge in [-0.2, -0.15) is 0 Å². The first-order chi connectivity index (χ1) is 15.7. The monoisotopic (exact) mass is 485 g/mol. The predicted octanol–water partition coefficient (Wildman–Crippen LogP) is -1.79. The van der Waals surface area contributed by atoms with E-state index in [1.54, 1.807) is 0 Å². The molecule has 0 spiro atoms. The van der Waals surface area contributed by atoms with Crippen LogP contribution in [-0.4, -0.2) is 95.9 Å². The van der Waals surface area contributed by atoms with Gasteiger partial charge in [0.25, 0.3) is 0 Å². The number of nitrogens with one attached hydrogen (secondary N) is 3. The first-order valence-corrected chi connectivity index (χ1v) is 10.7. The summed E-state index contributed by atoms with van der Waals surface area (Å²) in [4.78, 5) is 33.7. The van der Waals surface area contributed by atoms with Crippen molar-refractivity contribution < 1.29 is 34.8 Å². The number of carboxylic acid groups (broad SMARTS) is 1. The minimum Gasteiger partial charge on any atom is -0.481 e. The highest BCUT2D eigenvalue weighted by Gasteiger charge is 2.43. The molecule has 0 aromatic carbocycles. The number of hydrogen-bond donors (Lipinski definition) is 8. The molecule has 1 aliphatic rings. The second-order valence-electron chi connectivity index (χ2n) is 7.60. The third-order valence-corrected chi connectivity index (χ3v) is 5.45. The van der Waals surface area contributed by atoms with Gasteiger partial charge in [0, 0.05) is 13.1 Å². The number of aromatic nitrogens is 4. The maximum absolute atomic E-state index is 11.7. The molecule has 0 saturated carbocycles. The fourth-order valence-corrected chi connectivity index (χ4v) is 3.64. The summed E-state index contributed by atoms with van der Waals surface area (Å²) in [6, 6.07) is -1.09. The summed E-state index contributed by atoms with van der Waals surface area (Å²) >= 11 is 5.29. The summed E-state index contributed by atoms with van der Waals surface area (Å²) in [7, 11) is 0. The van der Waals surface area contributed by atoms with Crippen molar-refractivity contribution >= 4 is 41.2 Å². The van der Waals surface area contributed by atoms with E-state index in [0.29, 0.717) is 43.0 Å². The number of hydrogen-bond acceptors (Lipinski definition) is 11. The largest absolute Gasteiger partial charge is 0.481 e. The van der Waals surface area contributed by atoms with E-state index in [-0.39, 0.29) is 4.64 Å². The lowest BCUT2D eigenvalue weighted by Gasteiger charge is -2.17. The molecule has 2 aromatic heterocycles. The van der Waals surface area contributed by atoms with Crippen molar-refractivity contribution in [3.05, 3.63) is 11.0 Å². The zero-order valence-electron chi connectivity index (χ0n) is 17.5. The molecule has 0 radical (unpaired) electrons. The van der Waals surface area contributed by atoms with E-state index < -0.39 is 55.5 Å². The van der Waals surface area contributed by atoms with E-state index in [4.69, 9.17) is 27.8 Å². The third-order valence-electron chi connectivity index (χ3n) is 5.16. The van der Waals surface area contributed by atoms with E-state index >= 15 is 0 Å². The Morgan fingerprint density at radius 1 is 1.30 bits per heavy atom. The quantitative estimate of drug-likeness (QED) is 0.131. The summed E-state index contributed by atoms with van der Waals surface area (Å²) in [5.41, 5.74) is 6.30. The van der Waals surface area contributed by atoms with E-state index in [9.17, 15) is 24.9 Å². The van der Waals surface area contributed by atoms with Gasteiger partial charge in [-0.15, -0.1) is 0 Å². The van der Waals surface area contributed by atoms with Crippen LogP contribution in [0.5, 0.6) is 0 Å². The fourth-order valence-electron chi connectivity index (χ4n) is 3.40. The van der Waals surface area contributed by atoms with Crippen LogP contribution in [0.3, 0.4) is 0 Å². The zero-order chi connectivity index (χ0) is 24.1. The number of carboxylic acids is 1. The molecule has 3 rings (SSSR count). The Balaban J connectivity index is 1.56. The van der Waals surface area contributed by atoms with Gasteiger partial charge in [0.1, 0.15) is 29.5 Å². The molecule has 1 amide bonds. The molecule has 1 aliphatic heterocycles. The number of anilines is 1. The van der Waals surface area contributed by atoms with Crippen LogP contribution in [0.2, 0.25) is 0 Å². The molecule has 2 unspecified atom stereocenters. The smallest absolute Gasteiger partial charge is 0.305 e. The summed E-state index contributed by atoms with van der Waals surface area (Å²) in [6.07, 6.45) is -2.18. The molecule has 14 nitrogen and oxygen atoms in total. The molecule has 2 aromatic rings. The van der Waals surface area contributed by atoms with Crippen LogP contribution in [0, 0.1) is 4.64 Å². The van der Waals surface area contributed by atoms with Gasteiger partial charge < -0.3 is 46.5 Å². The van der Waals surface area contributed by atoms with Crippen LogP contribution >= 0.6 is 12.2 Å². The van der Waals surface area contributed by atoms with Gasteiger partial charge in [0.2, 0.25) is 11.9 Å². The van der Waals surface area contributed by atoms with Crippen molar-refractivity contribution in [2.75, 3.05) is 25.0 Å². The van der Waals surface area contributed by atoms with Crippen LogP contribution in [0.15, 0.2) is 6.33 Å². The van der Waals surface area contributed by atoms with Crippen LogP contribution < -0.4 is 16.4 Å². The highest BCUT2D eigenvalue weighted by molar-refractivity contribution is 7.71. The minimum absolute atomic E-state index is 0.219. The number of nitrogens with zero attached hydrogens (tertiary/aromatic N) is 3. The van der Waals surface area contributed by atoms with Crippen molar-refractivity contribution in [2.45, 2.75) is 49.8 Å². The van der Waals surface area contributed by atoms with Crippen LogP contribution in [-0.2, 0) is 14.3 Å². The minimum atomic E-state index is -1.27. The van der Waals surface area contributed by atoms with Gasteiger partial charge >= 0.3 is 5.97 Å². The first-order valence-electron chi connectivity index (χ1n) is 10.3. The first kappa shape index (κ1) is 24.9. The molecular formula is C18H27N7O7S. The molecule has 5 atom stereocenters. The molecule has 33 heavy (non-hydrogen) atoms. The third kappa shape index (κ3) is 5.82. The van der Waals surface area contributed by atoms with Crippen LogP contribution in [0.4, 0.5) is 5.95 Å². The Hall–Kier alpha value is -2.69. The normalized spacial score (nSPS) is 23.5. The van der Waals surface area contributed by atoms with Crippen molar-refractivity contribution in [3.8, 4) is 0 Å². The van der Waals surface area contributed by atoms with Gasteiger partial charge in [-0.25, -0.2) is 9.97 Å². The standard InChI is InChI=1S/C18H27N7O7S/c19-8(5-10(27)28)15(31)20-3-1-2-4-21-18-23-14-11(16(33)24-18)22-7-25(14)17-13(30)12(29)9(6-26)32-17/h7-9,12-13,17,26,29-30H,1-6,19H2,(H,20,31)(H,27,28)(H2,21,23,24,33)/t8?,9-,12+,13?,17-/m1/s1. The van der Waals surface area contributed by atoms with Crippen molar-refractivity contribution in [3.63, 3.8) is 0 Å². The molecular weight excluding hydrogens is 458 g/mol. The predicted molar refractivity (Wildman–Crippen MR) is 117 cm³/mol. The number of H-pyrrole nitrogens is 1. The van der Waals surface area contributed by atoms with E-state index in [2.05, 4.69) is 25.6 Å². The Labute approximate surface area is 192 Å². The van der Waals surface area contributed by atoms with Crippen molar-refractivity contribution in [2.24, 2.45) is 5.73 Å². The number of carbonyl (C=O) groups excluding carboxylic acids is 1. The lowest BCUT2D eigenvalue weighted by molar-refractivity contribution is -0.139. The van der Waals surface area contributed by atoms with Gasteiger partial charge in [-0.1, -0.05) is 12.2 Å². The average molecular weight is 486 g/mol. The number of aromatic amines is 1. The number of aliphatic hydroxyl groups is 3. The molecule has 3 heterocycles. The highest BCUT2D eigenvalue weighted by Crippen LogP contribution is 2.31. The lowest BCUT2D eigenvalue weighted by Crippen LogP contribution is -2.42. The summed E-state index contributed by atoms with van der Waals surface area (Å²) in [5, 5.41) is 43.9. The SMILES string of the molecule is NC(CC(=O)O)C(=O)NCCCCNc1nc(=S)c2ncn([C@@H]3O[C@H](CO)[C@H](O)C3O)c2[nH]1. The van der Waals surface area contributed by atoms with Gasteiger partial charge in [-0.05, 0) is 12.8 Å². The number of fused-ring (bicyclic) bond motifs is 1. The molecule has 0 aliphatic carbocycles. The maximum atomic E-state index is 11.7. The number of nitrogens with two attached hydrogens (primary N) is 1. The number of unbranched alkanes of at least 4 members (excludes halogenated alkanes) is 1. The van der Waals surface area contributed by atoms with Gasteiger partial charge in [0.05, 0.1) is 25.4 Å². The summed E-state index contributed by atoms with van der Waals surface area (Å²) in [5.74, 6) is -1.29. The molecule has 9 N–H and O–H groups in total. The fraction of sp³-hybridized carbons (Fsp3) is 0.611. The molecule has 1 saturated heterocycles. The van der Waals surface area contributed by atoms with Crippen molar-refractivity contribution in [1.82, 2.24) is 24.8 Å². The van der Waals surface area contributed by atoms with Crippen LogP contribution in [0.25, 0.3) is 11.2 Å². The van der Waals surface area contributed by atoms with Crippen LogP contribution in [0.1, 0.15) is 25.5 Å². The molecule has 182 valence electrons. The molecule has 15 heteroatoms. The summed E-state index contributed by atoms with van der Waals surface area (Å²) < 4.78 is 7.25.